The molecular formula is C16H17N3O2. The summed E-state index contributed by atoms with van der Waals surface area (Å²) in [7, 11) is 0. The van der Waals surface area contributed by atoms with Crippen LogP contribution in [0.5, 0.6) is 5.75 Å². The zero-order chi connectivity index (χ0) is 14.5. The Balaban J connectivity index is 1.64. The van der Waals surface area contributed by atoms with Crippen molar-refractivity contribution in [1.29, 1.82) is 0 Å². The van der Waals surface area contributed by atoms with E-state index in [0.29, 0.717) is 12.1 Å². The smallest absolute Gasteiger partial charge is 0.255 e. The summed E-state index contributed by atoms with van der Waals surface area (Å²) in [6, 6.07) is 7.24. The number of hydrogen-bond donors (Lipinski definition) is 0. The molecule has 1 unspecified atom stereocenters. The minimum atomic E-state index is 0.0196. The maximum atomic E-state index is 12.4. The van der Waals surface area contributed by atoms with Gasteiger partial charge in [0.1, 0.15) is 11.9 Å². The first-order chi connectivity index (χ1) is 10.3. The van der Waals surface area contributed by atoms with E-state index in [0.717, 1.165) is 25.1 Å². The average Bonchev–Trinajstić information content (AvgIpc) is 2.56. The van der Waals surface area contributed by atoms with Gasteiger partial charge in [-0.3, -0.25) is 14.8 Å². The minimum absolute atomic E-state index is 0.0196. The summed E-state index contributed by atoms with van der Waals surface area (Å²) in [4.78, 5) is 22.2. The van der Waals surface area contributed by atoms with E-state index in [1.165, 1.54) is 0 Å². The van der Waals surface area contributed by atoms with E-state index in [1.54, 1.807) is 36.9 Å². The van der Waals surface area contributed by atoms with Crippen LogP contribution in [0.1, 0.15) is 23.2 Å². The molecule has 1 atom stereocenters. The number of carbonyl (C=O) groups is 1. The topological polar surface area (TPSA) is 55.3 Å². The molecule has 1 aliphatic heterocycles. The number of hydrogen-bond acceptors (Lipinski definition) is 4. The van der Waals surface area contributed by atoms with Crippen molar-refractivity contribution >= 4 is 5.91 Å². The summed E-state index contributed by atoms with van der Waals surface area (Å²) < 4.78 is 5.92. The quantitative estimate of drug-likeness (QED) is 0.866. The maximum absolute atomic E-state index is 12.4. The Morgan fingerprint density at radius 2 is 2.05 bits per heavy atom. The van der Waals surface area contributed by atoms with Gasteiger partial charge in [0.15, 0.2) is 0 Å². The van der Waals surface area contributed by atoms with Crippen LogP contribution in [0.2, 0.25) is 0 Å². The summed E-state index contributed by atoms with van der Waals surface area (Å²) in [6.07, 6.45) is 8.62. The lowest BCUT2D eigenvalue weighted by atomic mass is 10.1. The van der Waals surface area contributed by atoms with Crippen LogP contribution in [-0.4, -0.2) is 40.0 Å². The molecule has 1 aliphatic rings. The molecule has 0 aliphatic carbocycles. The molecule has 3 rings (SSSR count). The van der Waals surface area contributed by atoms with Gasteiger partial charge in [0, 0.05) is 31.3 Å². The van der Waals surface area contributed by atoms with Gasteiger partial charge in [-0.2, -0.15) is 0 Å². The molecule has 21 heavy (non-hydrogen) atoms. The van der Waals surface area contributed by atoms with Crippen molar-refractivity contribution < 1.29 is 9.53 Å². The number of pyridine rings is 2. The molecule has 1 saturated heterocycles. The van der Waals surface area contributed by atoms with Crippen molar-refractivity contribution in [2.75, 3.05) is 13.1 Å². The number of rotatable bonds is 3. The van der Waals surface area contributed by atoms with E-state index in [2.05, 4.69) is 9.97 Å². The Kier molecular flexibility index (Phi) is 4.09. The SMILES string of the molecule is O=C(c1cccnc1)N1CCCC(Oc2ccncc2)C1. The molecular weight excluding hydrogens is 266 g/mol. The van der Waals surface area contributed by atoms with Crippen molar-refractivity contribution in [3.63, 3.8) is 0 Å². The first kappa shape index (κ1) is 13.5. The van der Waals surface area contributed by atoms with E-state index in [1.807, 2.05) is 17.0 Å². The summed E-state index contributed by atoms with van der Waals surface area (Å²) in [5.41, 5.74) is 0.627. The lowest BCUT2D eigenvalue weighted by molar-refractivity contribution is 0.0537. The zero-order valence-corrected chi connectivity index (χ0v) is 11.7. The van der Waals surface area contributed by atoms with Crippen molar-refractivity contribution in [1.82, 2.24) is 14.9 Å². The molecule has 5 nitrogen and oxygen atoms in total. The third kappa shape index (κ3) is 3.37. The lowest BCUT2D eigenvalue weighted by Crippen LogP contribution is -2.44. The molecule has 2 aromatic rings. The normalized spacial score (nSPS) is 18.3. The van der Waals surface area contributed by atoms with Crippen LogP contribution in [0.3, 0.4) is 0 Å². The number of amides is 1. The number of carbonyl (C=O) groups excluding carboxylic acids is 1. The van der Waals surface area contributed by atoms with Gasteiger partial charge in [0.25, 0.3) is 5.91 Å². The largest absolute Gasteiger partial charge is 0.488 e. The monoisotopic (exact) mass is 283 g/mol. The third-order valence-electron chi connectivity index (χ3n) is 3.53. The number of aromatic nitrogens is 2. The molecule has 108 valence electrons. The van der Waals surface area contributed by atoms with Gasteiger partial charge in [0.2, 0.25) is 0 Å². The molecule has 0 aromatic carbocycles. The molecule has 0 bridgehead atoms. The highest BCUT2D eigenvalue weighted by Crippen LogP contribution is 2.19. The highest BCUT2D eigenvalue weighted by molar-refractivity contribution is 5.93. The van der Waals surface area contributed by atoms with Crippen LogP contribution in [0, 0.1) is 0 Å². The predicted octanol–water partition coefficient (Wildman–Crippen LogP) is 2.16. The molecule has 0 spiro atoms. The number of piperidine rings is 1. The molecule has 5 heteroatoms. The maximum Gasteiger partial charge on any atom is 0.255 e. The van der Waals surface area contributed by atoms with Crippen molar-refractivity contribution in [2.24, 2.45) is 0 Å². The summed E-state index contributed by atoms with van der Waals surface area (Å²) in [6.45, 7) is 1.37. The fraction of sp³-hybridized carbons (Fsp3) is 0.312. The van der Waals surface area contributed by atoms with Crippen LogP contribution in [0.25, 0.3) is 0 Å². The Morgan fingerprint density at radius 1 is 1.19 bits per heavy atom. The van der Waals surface area contributed by atoms with Gasteiger partial charge in [-0.25, -0.2) is 0 Å². The van der Waals surface area contributed by atoms with Crippen molar-refractivity contribution in [3.05, 3.63) is 54.6 Å². The highest BCUT2D eigenvalue weighted by atomic mass is 16.5. The van der Waals surface area contributed by atoms with E-state index in [4.69, 9.17) is 4.74 Å². The molecule has 2 aromatic heterocycles. The van der Waals surface area contributed by atoms with E-state index >= 15 is 0 Å². The number of likely N-dealkylation sites (tertiary alicyclic amines) is 1. The Hall–Kier alpha value is -2.43. The fourth-order valence-corrected chi connectivity index (χ4v) is 2.50. The Morgan fingerprint density at radius 3 is 2.81 bits per heavy atom. The average molecular weight is 283 g/mol. The van der Waals surface area contributed by atoms with Crippen molar-refractivity contribution in [2.45, 2.75) is 18.9 Å². The van der Waals surface area contributed by atoms with Gasteiger partial charge in [-0.15, -0.1) is 0 Å². The van der Waals surface area contributed by atoms with Crippen LogP contribution < -0.4 is 4.74 Å². The van der Waals surface area contributed by atoms with E-state index in [9.17, 15) is 4.79 Å². The third-order valence-corrected chi connectivity index (χ3v) is 3.53. The molecule has 1 amide bonds. The predicted molar refractivity (Wildman–Crippen MR) is 78.0 cm³/mol. The van der Waals surface area contributed by atoms with Gasteiger partial charge < -0.3 is 9.64 Å². The summed E-state index contributed by atoms with van der Waals surface area (Å²) >= 11 is 0. The van der Waals surface area contributed by atoms with Crippen molar-refractivity contribution in [3.8, 4) is 5.75 Å². The molecule has 0 saturated carbocycles. The standard InChI is InChI=1S/C16H17N3O2/c20-16(13-3-1-7-18-11-13)19-10-2-4-15(12-19)21-14-5-8-17-9-6-14/h1,3,5-9,11,15H,2,4,10,12H2. The zero-order valence-electron chi connectivity index (χ0n) is 11.7. The van der Waals surface area contributed by atoms with Gasteiger partial charge in [0.05, 0.1) is 12.1 Å². The van der Waals surface area contributed by atoms with Gasteiger partial charge in [-0.05, 0) is 37.1 Å². The van der Waals surface area contributed by atoms with E-state index < -0.39 is 0 Å². The van der Waals surface area contributed by atoms with E-state index in [-0.39, 0.29) is 12.0 Å². The highest BCUT2D eigenvalue weighted by Gasteiger charge is 2.25. The first-order valence-corrected chi connectivity index (χ1v) is 7.09. The molecule has 0 radical (unpaired) electrons. The van der Waals surface area contributed by atoms with Gasteiger partial charge >= 0.3 is 0 Å². The lowest BCUT2D eigenvalue weighted by Gasteiger charge is -2.32. The van der Waals surface area contributed by atoms with Crippen LogP contribution in [0.15, 0.2) is 49.1 Å². The second-order valence-corrected chi connectivity index (χ2v) is 5.06. The van der Waals surface area contributed by atoms with Crippen LogP contribution >= 0.6 is 0 Å². The van der Waals surface area contributed by atoms with Gasteiger partial charge in [-0.1, -0.05) is 0 Å². The fourth-order valence-electron chi connectivity index (χ4n) is 2.50. The number of nitrogens with zero attached hydrogens (tertiary/aromatic N) is 3. The first-order valence-electron chi connectivity index (χ1n) is 7.09. The summed E-state index contributed by atoms with van der Waals surface area (Å²) in [5, 5.41) is 0. The Bertz CT molecular complexity index is 589. The summed E-state index contributed by atoms with van der Waals surface area (Å²) in [5.74, 6) is 0.816. The minimum Gasteiger partial charge on any atom is -0.488 e. The van der Waals surface area contributed by atoms with Crippen LogP contribution in [-0.2, 0) is 0 Å². The number of ether oxygens (including phenoxy) is 1. The second-order valence-electron chi connectivity index (χ2n) is 5.06. The molecule has 0 N–H and O–H groups in total. The molecule has 1 fully saturated rings. The van der Waals surface area contributed by atoms with Crippen LogP contribution in [0.4, 0.5) is 0 Å². The molecule has 3 heterocycles. The Labute approximate surface area is 123 Å². The second kappa shape index (κ2) is 6.35.